The summed E-state index contributed by atoms with van der Waals surface area (Å²) in [4.78, 5) is 2.50. The van der Waals surface area contributed by atoms with Crippen molar-refractivity contribution in [2.24, 2.45) is 17.6 Å². The van der Waals surface area contributed by atoms with Gasteiger partial charge < -0.3 is 16.0 Å². The van der Waals surface area contributed by atoms with Crippen LogP contribution in [0.4, 0.5) is 0 Å². The van der Waals surface area contributed by atoms with Crippen molar-refractivity contribution < 1.29 is 0 Å². The first kappa shape index (κ1) is 12.3. The van der Waals surface area contributed by atoms with E-state index in [2.05, 4.69) is 10.2 Å². The van der Waals surface area contributed by atoms with Crippen molar-refractivity contribution in [3.05, 3.63) is 0 Å². The minimum atomic E-state index is 0.810. The molecule has 3 nitrogen and oxygen atoms in total. The highest BCUT2D eigenvalue weighted by Crippen LogP contribution is 2.25. The van der Waals surface area contributed by atoms with E-state index in [1.54, 1.807) is 0 Å². The zero-order chi connectivity index (χ0) is 11.2. The van der Waals surface area contributed by atoms with E-state index >= 15 is 0 Å². The van der Waals surface area contributed by atoms with Crippen LogP contribution in [0.25, 0.3) is 0 Å². The predicted octanol–water partition coefficient (Wildman–Crippen LogP) is 1.05. The van der Waals surface area contributed by atoms with Gasteiger partial charge in [0.2, 0.25) is 0 Å². The first-order chi connectivity index (χ1) is 7.88. The van der Waals surface area contributed by atoms with Gasteiger partial charge in [-0.25, -0.2) is 0 Å². The lowest BCUT2D eigenvalue weighted by Gasteiger charge is -2.32. The van der Waals surface area contributed by atoms with E-state index in [4.69, 9.17) is 5.73 Å². The van der Waals surface area contributed by atoms with Gasteiger partial charge in [-0.3, -0.25) is 0 Å². The minimum absolute atomic E-state index is 0.810. The minimum Gasteiger partial charge on any atom is -0.329 e. The largest absolute Gasteiger partial charge is 0.329 e. The number of nitrogens with zero attached hydrogens (tertiary/aromatic N) is 1. The Hall–Kier alpha value is -0.120. The van der Waals surface area contributed by atoms with Crippen LogP contribution in [-0.4, -0.2) is 44.2 Å². The van der Waals surface area contributed by atoms with Gasteiger partial charge in [0.1, 0.15) is 0 Å². The maximum absolute atomic E-state index is 5.58. The van der Waals surface area contributed by atoms with E-state index in [1.807, 2.05) is 0 Å². The number of rotatable bonds is 6. The van der Waals surface area contributed by atoms with Gasteiger partial charge in [-0.05, 0) is 63.7 Å². The third-order valence-corrected chi connectivity index (χ3v) is 4.24. The smallest absolute Gasteiger partial charge is 0.0105 e. The second-order valence-electron chi connectivity index (χ2n) is 5.53. The van der Waals surface area contributed by atoms with E-state index in [0.29, 0.717) is 0 Å². The summed E-state index contributed by atoms with van der Waals surface area (Å²) in [6, 6.07) is 0. The third kappa shape index (κ3) is 3.72. The molecule has 3 N–H and O–H groups in total. The molecule has 1 aliphatic heterocycles. The lowest BCUT2D eigenvalue weighted by molar-refractivity contribution is 0.183. The highest BCUT2D eigenvalue weighted by molar-refractivity contribution is 4.76. The average Bonchev–Trinajstić information content (AvgIpc) is 2.24. The second-order valence-corrected chi connectivity index (χ2v) is 5.53. The van der Waals surface area contributed by atoms with E-state index in [9.17, 15) is 0 Å². The van der Waals surface area contributed by atoms with Crippen LogP contribution in [0.5, 0.6) is 0 Å². The molecule has 0 aromatic heterocycles. The van der Waals surface area contributed by atoms with Gasteiger partial charge in [-0.2, -0.15) is 0 Å². The van der Waals surface area contributed by atoms with E-state index in [-0.39, 0.29) is 0 Å². The summed E-state index contributed by atoms with van der Waals surface area (Å²) in [5.41, 5.74) is 5.58. The molecule has 0 aromatic rings. The van der Waals surface area contributed by atoms with Crippen molar-refractivity contribution in [1.82, 2.24) is 10.2 Å². The predicted molar refractivity (Wildman–Crippen MR) is 68.4 cm³/mol. The molecule has 0 aromatic carbocycles. The van der Waals surface area contributed by atoms with Crippen LogP contribution < -0.4 is 11.1 Å². The molecule has 0 amide bonds. The van der Waals surface area contributed by atoms with Crippen LogP contribution >= 0.6 is 0 Å². The van der Waals surface area contributed by atoms with Crippen LogP contribution in [0, 0.1) is 11.8 Å². The van der Waals surface area contributed by atoms with Crippen molar-refractivity contribution >= 4 is 0 Å². The van der Waals surface area contributed by atoms with Crippen LogP contribution in [0.2, 0.25) is 0 Å². The van der Waals surface area contributed by atoms with Gasteiger partial charge in [0.05, 0.1) is 0 Å². The van der Waals surface area contributed by atoms with Gasteiger partial charge in [0.15, 0.2) is 0 Å². The van der Waals surface area contributed by atoms with Crippen LogP contribution in [0.3, 0.4) is 0 Å². The first-order valence-electron chi connectivity index (χ1n) is 7.01. The fourth-order valence-electron chi connectivity index (χ4n) is 2.79. The fraction of sp³-hybridized carbons (Fsp3) is 1.00. The molecule has 94 valence electrons. The molecule has 0 radical (unpaired) electrons. The lowest BCUT2D eigenvalue weighted by Crippen LogP contribution is -2.40. The van der Waals surface area contributed by atoms with Gasteiger partial charge in [-0.15, -0.1) is 0 Å². The summed E-state index contributed by atoms with van der Waals surface area (Å²) in [6.45, 7) is 6.92. The molecule has 2 rings (SSSR count). The molecular weight excluding hydrogens is 198 g/mol. The molecule has 0 atom stereocenters. The number of nitrogens with one attached hydrogen (secondary N) is 1. The Morgan fingerprint density at radius 3 is 2.12 bits per heavy atom. The van der Waals surface area contributed by atoms with E-state index in [0.717, 1.165) is 24.9 Å². The average molecular weight is 225 g/mol. The highest BCUT2D eigenvalue weighted by Gasteiger charge is 2.20. The van der Waals surface area contributed by atoms with Crippen molar-refractivity contribution in [3.63, 3.8) is 0 Å². The highest BCUT2D eigenvalue weighted by atomic mass is 15.1. The van der Waals surface area contributed by atoms with Crippen molar-refractivity contribution in [3.8, 4) is 0 Å². The Kier molecular flexibility index (Phi) is 5.07. The van der Waals surface area contributed by atoms with Gasteiger partial charge in [-0.1, -0.05) is 6.42 Å². The zero-order valence-corrected chi connectivity index (χ0v) is 10.5. The maximum Gasteiger partial charge on any atom is 0.0105 e. The van der Waals surface area contributed by atoms with Crippen molar-refractivity contribution in [1.29, 1.82) is 0 Å². The Labute approximate surface area is 99.8 Å². The number of nitrogens with two attached hydrogens (primary N) is 1. The van der Waals surface area contributed by atoms with E-state index < -0.39 is 0 Å². The molecular formula is C13H27N3. The molecule has 2 fully saturated rings. The van der Waals surface area contributed by atoms with Crippen LogP contribution in [-0.2, 0) is 0 Å². The monoisotopic (exact) mass is 225 g/mol. The Morgan fingerprint density at radius 1 is 1.00 bits per heavy atom. The SMILES string of the molecule is NCCN1CCC(CNCC2CCC2)CC1. The third-order valence-electron chi connectivity index (χ3n) is 4.24. The zero-order valence-electron chi connectivity index (χ0n) is 10.5. The summed E-state index contributed by atoms with van der Waals surface area (Å²) < 4.78 is 0. The van der Waals surface area contributed by atoms with E-state index in [1.165, 1.54) is 58.3 Å². The van der Waals surface area contributed by atoms with Crippen LogP contribution in [0.15, 0.2) is 0 Å². The second kappa shape index (κ2) is 6.58. The topological polar surface area (TPSA) is 41.3 Å². The summed E-state index contributed by atoms with van der Waals surface area (Å²) in [5, 5.41) is 3.66. The summed E-state index contributed by atoms with van der Waals surface area (Å²) >= 11 is 0. The normalized spacial score (nSPS) is 24.6. The molecule has 1 aliphatic carbocycles. The van der Waals surface area contributed by atoms with Crippen LogP contribution in [0.1, 0.15) is 32.1 Å². The quantitative estimate of drug-likeness (QED) is 0.710. The molecule has 0 unspecified atom stereocenters. The lowest BCUT2D eigenvalue weighted by atomic mass is 9.85. The summed E-state index contributed by atoms with van der Waals surface area (Å²) in [7, 11) is 0. The Bertz CT molecular complexity index is 184. The summed E-state index contributed by atoms with van der Waals surface area (Å²) in [5.74, 6) is 1.91. The molecule has 3 heteroatoms. The maximum atomic E-state index is 5.58. The number of piperidine rings is 1. The number of hydrogen-bond donors (Lipinski definition) is 2. The first-order valence-corrected chi connectivity index (χ1v) is 7.01. The molecule has 1 saturated heterocycles. The molecule has 0 bridgehead atoms. The Balaban J connectivity index is 1.51. The van der Waals surface area contributed by atoms with Gasteiger partial charge >= 0.3 is 0 Å². The molecule has 1 saturated carbocycles. The number of hydrogen-bond acceptors (Lipinski definition) is 3. The molecule has 1 heterocycles. The fourth-order valence-corrected chi connectivity index (χ4v) is 2.79. The summed E-state index contributed by atoms with van der Waals surface area (Å²) in [6.07, 6.45) is 7.10. The Morgan fingerprint density at radius 2 is 1.62 bits per heavy atom. The number of likely N-dealkylation sites (tertiary alicyclic amines) is 1. The van der Waals surface area contributed by atoms with Gasteiger partial charge in [0.25, 0.3) is 0 Å². The standard InChI is InChI=1S/C13H27N3/c14-6-9-16-7-4-13(5-8-16)11-15-10-12-2-1-3-12/h12-13,15H,1-11,14H2. The molecule has 2 aliphatic rings. The van der Waals surface area contributed by atoms with Crippen molar-refractivity contribution in [2.45, 2.75) is 32.1 Å². The van der Waals surface area contributed by atoms with Gasteiger partial charge in [0, 0.05) is 13.1 Å². The molecule has 0 spiro atoms. The molecule has 16 heavy (non-hydrogen) atoms. The van der Waals surface area contributed by atoms with Crippen molar-refractivity contribution in [2.75, 3.05) is 39.3 Å².